The Labute approximate surface area is 128 Å². The van der Waals surface area contributed by atoms with E-state index in [1.807, 2.05) is 0 Å². The fourth-order valence-corrected chi connectivity index (χ4v) is 3.45. The first-order valence-corrected chi connectivity index (χ1v) is 8.01. The third-order valence-corrected chi connectivity index (χ3v) is 4.49. The Bertz CT molecular complexity index is 857. The fraction of sp³-hybridized carbons (Fsp3) is 0.0526. The molecule has 0 fully saturated rings. The number of rotatable bonds is 3. The van der Waals surface area contributed by atoms with Crippen LogP contribution in [0, 0.1) is 0 Å². The molecule has 0 unspecified atom stereocenters. The van der Waals surface area contributed by atoms with Crippen LogP contribution in [-0.4, -0.2) is 4.57 Å². The number of fused-ring (bicyclic) bond motifs is 1. The van der Waals surface area contributed by atoms with Crippen LogP contribution in [0.15, 0.2) is 77.5 Å². The topological polar surface area (TPSA) is 4.93 Å². The molecule has 2 heterocycles. The van der Waals surface area contributed by atoms with Crippen molar-refractivity contribution in [1.82, 2.24) is 4.57 Å². The van der Waals surface area contributed by atoms with Crippen molar-refractivity contribution in [2.75, 3.05) is 0 Å². The van der Waals surface area contributed by atoms with Gasteiger partial charge >= 0.3 is 0 Å². The summed E-state index contributed by atoms with van der Waals surface area (Å²) in [5, 5.41) is 5.66. The van der Waals surface area contributed by atoms with Crippen molar-refractivity contribution in [3.63, 3.8) is 0 Å². The summed E-state index contributed by atoms with van der Waals surface area (Å²) in [4.78, 5) is 0. The molecule has 2 aromatic carbocycles. The second kappa shape index (κ2) is 5.23. The molecule has 2 aromatic heterocycles. The average molecular weight is 289 g/mol. The van der Waals surface area contributed by atoms with E-state index in [2.05, 4.69) is 82.1 Å². The third-order valence-electron chi connectivity index (χ3n) is 3.81. The number of nitrogens with zero attached hydrogens (tertiary/aromatic N) is 1. The van der Waals surface area contributed by atoms with Crippen LogP contribution in [-0.2, 0) is 6.54 Å². The molecular formula is C19H15NS. The van der Waals surface area contributed by atoms with Crippen LogP contribution in [0.4, 0.5) is 0 Å². The van der Waals surface area contributed by atoms with Gasteiger partial charge in [-0.3, -0.25) is 0 Å². The first kappa shape index (κ1) is 12.4. The van der Waals surface area contributed by atoms with Gasteiger partial charge in [0.05, 0.1) is 5.69 Å². The van der Waals surface area contributed by atoms with Crippen LogP contribution in [0.3, 0.4) is 0 Å². The predicted molar refractivity (Wildman–Crippen MR) is 90.8 cm³/mol. The molecule has 0 saturated carbocycles. The van der Waals surface area contributed by atoms with Gasteiger partial charge in [-0.15, -0.1) is 0 Å². The highest BCUT2D eigenvalue weighted by Gasteiger charge is 2.10. The van der Waals surface area contributed by atoms with E-state index in [0.29, 0.717) is 0 Å². The van der Waals surface area contributed by atoms with Crippen LogP contribution in [0.5, 0.6) is 0 Å². The van der Waals surface area contributed by atoms with E-state index in [0.717, 1.165) is 6.54 Å². The summed E-state index contributed by atoms with van der Waals surface area (Å²) < 4.78 is 2.41. The maximum absolute atomic E-state index is 2.41. The number of hydrogen-bond donors (Lipinski definition) is 0. The monoisotopic (exact) mass is 289 g/mol. The average Bonchev–Trinajstić information content (AvgIpc) is 3.16. The van der Waals surface area contributed by atoms with Gasteiger partial charge in [0.1, 0.15) is 0 Å². The molecule has 1 nitrogen and oxygen atoms in total. The third kappa shape index (κ3) is 2.28. The zero-order valence-corrected chi connectivity index (χ0v) is 12.4. The van der Waals surface area contributed by atoms with Crippen molar-refractivity contribution >= 4 is 22.2 Å². The smallest absolute Gasteiger partial charge is 0.0502 e. The molecule has 0 aliphatic rings. The molecule has 2 heteroatoms. The Kier molecular flexibility index (Phi) is 3.09. The van der Waals surface area contributed by atoms with Gasteiger partial charge in [-0.25, -0.2) is 0 Å². The first-order valence-electron chi connectivity index (χ1n) is 7.06. The summed E-state index contributed by atoms with van der Waals surface area (Å²) >= 11 is 1.75. The van der Waals surface area contributed by atoms with Crippen molar-refractivity contribution in [3.8, 4) is 11.3 Å². The Hall–Kier alpha value is -2.32. The van der Waals surface area contributed by atoms with E-state index in [1.54, 1.807) is 11.3 Å². The minimum absolute atomic E-state index is 0.902. The second-order valence-electron chi connectivity index (χ2n) is 5.17. The minimum atomic E-state index is 0.902. The van der Waals surface area contributed by atoms with Crippen LogP contribution >= 0.6 is 11.3 Å². The van der Waals surface area contributed by atoms with Crippen molar-refractivity contribution in [2.24, 2.45) is 0 Å². The van der Waals surface area contributed by atoms with Crippen LogP contribution in [0.25, 0.3) is 22.2 Å². The molecule has 4 rings (SSSR count). The van der Waals surface area contributed by atoms with Gasteiger partial charge in [-0.05, 0) is 29.1 Å². The Balaban J connectivity index is 1.91. The van der Waals surface area contributed by atoms with Crippen LogP contribution in [0.1, 0.15) is 5.56 Å². The summed E-state index contributed by atoms with van der Waals surface area (Å²) in [6.07, 6.45) is 0. The molecule has 0 aliphatic heterocycles. The summed E-state index contributed by atoms with van der Waals surface area (Å²) in [6.45, 7) is 0.902. The highest BCUT2D eigenvalue weighted by molar-refractivity contribution is 7.08. The molecule has 21 heavy (non-hydrogen) atoms. The van der Waals surface area contributed by atoms with Crippen molar-refractivity contribution in [3.05, 3.63) is 83.1 Å². The molecule has 0 spiro atoms. The number of aromatic nitrogens is 1. The molecule has 0 saturated heterocycles. The van der Waals surface area contributed by atoms with E-state index < -0.39 is 0 Å². The Morgan fingerprint density at radius 3 is 2.48 bits per heavy atom. The zero-order chi connectivity index (χ0) is 14.1. The van der Waals surface area contributed by atoms with Gasteiger partial charge in [0.2, 0.25) is 0 Å². The number of benzene rings is 2. The SMILES string of the molecule is c1ccc(Cn2c(-c3ccsc3)cc3ccccc32)cc1. The van der Waals surface area contributed by atoms with Gasteiger partial charge in [-0.2, -0.15) is 11.3 Å². The van der Waals surface area contributed by atoms with E-state index in [4.69, 9.17) is 0 Å². The summed E-state index contributed by atoms with van der Waals surface area (Å²) in [5.74, 6) is 0. The molecule has 0 atom stereocenters. The Morgan fingerprint density at radius 2 is 1.67 bits per heavy atom. The Morgan fingerprint density at radius 1 is 0.857 bits per heavy atom. The largest absolute Gasteiger partial charge is 0.336 e. The van der Waals surface area contributed by atoms with Gasteiger partial charge in [-0.1, -0.05) is 48.5 Å². The van der Waals surface area contributed by atoms with E-state index in [1.165, 1.54) is 27.7 Å². The zero-order valence-electron chi connectivity index (χ0n) is 11.6. The highest BCUT2D eigenvalue weighted by Crippen LogP contribution is 2.30. The summed E-state index contributed by atoms with van der Waals surface area (Å²) in [5.41, 5.74) is 5.21. The maximum atomic E-state index is 2.41. The van der Waals surface area contributed by atoms with E-state index >= 15 is 0 Å². The molecular weight excluding hydrogens is 274 g/mol. The van der Waals surface area contributed by atoms with E-state index in [-0.39, 0.29) is 0 Å². The second-order valence-corrected chi connectivity index (χ2v) is 5.95. The number of hydrogen-bond acceptors (Lipinski definition) is 1. The lowest BCUT2D eigenvalue weighted by Gasteiger charge is -2.10. The molecule has 0 N–H and O–H groups in total. The van der Waals surface area contributed by atoms with Crippen LogP contribution in [0.2, 0.25) is 0 Å². The van der Waals surface area contributed by atoms with Crippen molar-refractivity contribution in [1.29, 1.82) is 0 Å². The molecule has 0 amide bonds. The number of para-hydroxylation sites is 1. The standard InChI is InChI=1S/C19H15NS/c1-2-6-15(7-3-1)13-20-18-9-5-4-8-16(18)12-19(20)17-10-11-21-14-17/h1-12,14H,13H2. The first-order chi connectivity index (χ1) is 10.4. The molecule has 4 aromatic rings. The summed E-state index contributed by atoms with van der Waals surface area (Å²) in [6, 6.07) is 23.7. The quantitative estimate of drug-likeness (QED) is 0.474. The normalized spacial score (nSPS) is 11.0. The summed E-state index contributed by atoms with van der Waals surface area (Å²) in [7, 11) is 0. The van der Waals surface area contributed by atoms with Gasteiger partial charge in [0, 0.05) is 28.4 Å². The molecule has 0 radical (unpaired) electrons. The molecule has 102 valence electrons. The van der Waals surface area contributed by atoms with Crippen molar-refractivity contribution < 1.29 is 0 Å². The van der Waals surface area contributed by atoms with Gasteiger partial charge < -0.3 is 4.57 Å². The maximum Gasteiger partial charge on any atom is 0.0502 e. The van der Waals surface area contributed by atoms with Crippen LogP contribution < -0.4 is 0 Å². The fourth-order valence-electron chi connectivity index (χ4n) is 2.80. The molecule has 0 aliphatic carbocycles. The molecule has 0 bridgehead atoms. The lowest BCUT2D eigenvalue weighted by atomic mass is 10.2. The predicted octanol–water partition coefficient (Wildman–Crippen LogP) is 5.42. The lowest BCUT2D eigenvalue weighted by molar-refractivity contribution is 0.845. The van der Waals surface area contributed by atoms with Gasteiger partial charge in [0.15, 0.2) is 0 Å². The van der Waals surface area contributed by atoms with Gasteiger partial charge in [0.25, 0.3) is 0 Å². The van der Waals surface area contributed by atoms with Crippen molar-refractivity contribution in [2.45, 2.75) is 6.54 Å². The number of thiophene rings is 1. The van der Waals surface area contributed by atoms with E-state index in [9.17, 15) is 0 Å². The lowest BCUT2D eigenvalue weighted by Crippen LogP contribution is -2.00. The minimum Gasteiger partial charge on any atom is -0.336 e. The highest BCUT2D eigenvalue weighted by atomic mass is 32.1.